The molecule has 4 N–H and O–H groups in total. The van der Waals surface area contributed by atoms with Gasteiger partial charge in [-0.15, -0.1) is 0 Å². The predicted octanol–water partition coefficient (Wildman–Crippen LogP) is 2.09. The van der Waals surface area contributed by atoms with Crippen molar-refractivity contribution in [2.45, 2.75) is 6.61 Å². The molecule has 5 heteroatoms. The Kier molecular flexibility index (Phi) is 3.66. The molecule has 0 bridgehead atoms. The molecule has 0 saturated carbocycles. The summed E-state index contributed by atoms with van der Waals surface area (Å²) in [4.78, 5) is 10.9. The van der Waals surface area contributed by atoms with E-state index >= 15 is 0 Å². The highest BCUT2D eigenvalue weighted by Gasteiger charge is 2.02. The van der Waals surface area contributed by atoms with Gasteiger partial charge in [0.2, 0.25) is 5.91 Å². The van der Waals surface area contributed by atoms with Gasteiger partial charge >= 0.3 is 0 Å². The molecule has 0 aliphatic carbocycles. The summed E-state index contributed by atoms with van der Waals surface area (Å²) in [5.41, 5.74) is 12.1. The molecule has 98 valence electrons. The lowest BCUT2D eigenvalue weighted by atomic mass is 10.2. The van der Waals surface area contributed by atoms with Crippen LogP contribution in [0.1, 0.15) is 15.9 Å². The lowest BCUT2D eigenvalue weighted by Gasteiger charge is -2.07. The molecule has 0 saturated heterocycles. The third kappa shape index (κ3) is 3.45. The summed E-state index contributed by atoms with van der Waals surface area (Å²) in [6, 6.07) is 10.6. The number of primary amides is 1. The average Bonchev–Trinajstić information content (AvgIpc) is 2.36. The molecule has 1 amide bonds. The minimum Gasteiger partial charge on any atom is -0.489 e. The van der Waals surface area contributed by atoms with Crippen LogP contribution in [-0.2, 0) is 6.61 Å². The maximum atomic E-state index is 13.1. The minimum absolute atomic E-state index is 0.192. The van der Waals surface area contributed by atoms with Gasteiger partial charge in [-0.3, -0.25) is 4.79 Å². The van der Waals surface area contributed by atoms with Gasteiger partial charge in [0.1, 0.15) is 18.2 Å². The Morgan fingerprint density at radius 2 is 1.84 bits per heavy atom. The summed E-state index contributed by atoms with van der Waals surface area (Å²) in [6.07, 6.45) is 0. The van der Waals surface area contributed by atoms with E-state index in [1.54, 1.807) is 30.3 Å². The van der Waals surface area contributed by atoms with E-state index in [4.69, 9.17) is 16.2 Å². The highest BCUT2D eigenvalue weighted by atomic mass is 19.1. The van der Waals surface area contributed by atoms with Crippen LogP contribution < -0.4 is 16.2 Å². The number of halogens is 1. The highest BCUT2D eigenvalue weighted by molar-refractivity contribution is 5.92. The van der Waals surface area contributed by atoms with Crippen LogP contribution in [0.2, 0.25) is 0 Å². The van der Waals surface area contributed by atoms with Crippen LogP contribution in [-0.4, -0.2) is 5.91 Å². The Morgan fingerprint density at radius 3 is 2.42 bits per heavy atom. The molecule has 0 atom stereocenters. The van der Waals surface area contributed by atoms with Gasteiger partial charge in [0, 0.05) is 11.3 Å². The van der Waals surface area contributed by atoms with Crippen molar-refractivity contribution in [3.8, 4) is 5.75 Å². The van der Waals surface area contributed by atoms with Crippen molar-refractivity contribution in [1.82, 2.24) is 0 Å². The van der Waals surface area contributed by atoms with Gasteiger partial charge in [-0.25, -0.2) is 4.39 Å². The van der Waals surface area contributed by atoms with Crippen molar-refractivity contribution in [3.05, 3.63) is 59.4 Å². The Labute approximate surface area is 109 Å². The molecule has 4 nitrogen and oxygen atoms in total. The van der Waals surface area contributed by atoms with Crippen LogP contribution in [0.3, 0.4) is 0 Å². The zero-order chi connectivity index (χ0) is 13.8. The molecule has 0 heterocycles. The SMILES string of the molecule is NC(=O)c1ccc(OCc2cc(N)cc(F)c2)cc1. The zero-order valence-corrected chi connectivity index (χ0v) is 10.1. The zero-order valence-electron chi connectivity index (χ0n) is 10.1. The van der Waals surface area contributed by atoms with Gasteiger partial charge < -0.3 is 16.2 Å². The third-order valence-corrected chi connectivity index (χ3v) is 2.52. The smallest absolute Gasteiger partial charge is 0.248 e. The van der Waals surface area contributed by atoms with Crippen molar-refractivity contribution in [2.24, 2.45) is 5.73 Å². The number of anilines is 1. The number of carbonyl (C=O) groups is 1. The van der Waals surface area contributed by atoms with E-state index in [9.17, 15) is 9.18 Å². The minimum atomic E-state index is -0.496. The first-order chi connectivity index (χ1) is 9.04. The molecular weight excluding hydrogens is 247 g/mol. The van der Waals surface area contributed by atoms with E-state index in [0.29, 0.717) is 22.6 Å². The Morgan fingerprint density at radius 1 is 1.16 bits per heavy atom. The number of carbonyl (C=O) groups excluding carboxylic acids is 1. The first-order valence-corrected chi connectivity index (χ1v) is 5.62. The first kappa shape index (κ1) is 12.9. The number of nitrogen functional groups attached to an aromatic ring is 1. The molecule has 2 aromatic carbocycles. The lowest BCUT2D eigenvalue weighted by molar-refractivity contribution is 0.1000. The molecule has 0 fully saturated rings. The monoisotopic (exact) mass is 260 g/mol. The summed E-state index contributed by atoms with van der Waals surface area (Å²) >= 11 is 0. The van der Waals surface area contributed by atoms with Crippen LogP contribution in [0.15, 0.2) is 42.5 Å². The molecule has 0 aliphatic heterocycles. The number of nitrogens with two attached hydrogens (primary N) is 2. The predicted molar refractivity (Wildman–Crippen MR) is 70.1 cm³/mol. The molecule has 0 unspecified atom stereocenters. The van der Waals surface area contributed by atoms with Gasteiger partial charge in [-0.2, -0.15) is 0 Å². The molecule has 2 rings (SSSR count). The quantitative estimate of drug-likeness (QED) is 0.826. The summed E-state index contributed by atoms with van der Waals surface area (Å²) in [6.45, 7) is 0.192. The highest BCUT2D eigenvalue weighted by Crippen LogP contribution is 2.16. The van der Waals surface area contributed by atoms with E-state index in [1.807, 2.05) is 0 Å². The van der Waals surface area contributed by atoms with Crippen LogP contribution >= 0.6 is 0 Å². The maximum absolute atomic E-state index is 13.1. The van der Waals surface area contributed by atoms with Gasteiger partial charge in [0.05, 0.1) is 0 Å². The fraction of sp³-hybridized carbons (Fsp3) is 0.0714. The van der Waals surface area contributed by atoms with Crippen molar-refractivity contribution < 1.29 is 13.9 Å². The summed E-state index contributed by atoms with van der Waals surface area (Å²) < 4.78 is 18.6. The Hall–Kier alpha value is -2.56. The average molecular weight is 260 g/mol. The number of hydrogen-bond acceptors (Lipinski definition) is 3. The topological polar surface area (TPSA) is 78.3 Å². The van der Waals surface area contributed by atoms with E-state index in [0.717, 1.165) is 0 Å². The summed E-state index contributed by atoms with van der Waals surface area (Å²) in [5, 5.41) is 0. The van der Waals surface area contributed by atoms with Crippen LogP contribution in [0.5, 0.6) is 5.75 Å². The van der Waals surface area contributed by atoms with E-state index in [2.05, 4.69) is 0 Å². The normalized spacial score (nSPS) is 10.2. The Balaban J connectivity index is 2.03. The fourth-order valence-corrected chi connectivity index (χ4v) is 1.64. The standard InChI is InChI=1S/C14H13FN2O2/c15-11-5-9(6-12(16)7-11)8-19-13-3-1-10(2-4-13)14(17)18/h1-7H,8,16H2,(H2,17,18). The maximum Gasteiger partial charge on any atom is 0.248 e. The van der Waals surface area contributed by atoms with E-state index in [1.165, 1.54) is 12.1 Å². The van der Waals surface area contributed by atoms with Gasteiger partial charge in [0.15, 0.2) is 0 Å². The number of ether oxygens (including phenoxy) is 1. The summed E-state index contributed by atoms with van der Waals surface area (Å²) in [5.74, 6) is -0.333. The molecule has 19 heavy (non-hydrogen) atoms. The number of hydrogen-bond donors (Lipinski definition) is 2. The molecule has 2 aromatic rings. The van der Waals surface area contributed by atoms with E-state index < -0.39 is 11.7 Å². The fourth-order valence-electron chi connectivity index (χ4n) is 1.64. The van der Waals surface area contributed by atoms with Gasteiger partial charge in [-0.05, 0) is 48.0 Å². The second-order valence-electron chi connectivity index (χ2n) is 4.07. The molecule has 0 radical (unpaired) electrons. The third-order valence-electron chi connectivity index (χ3n) is 2.52. The first-order valence-electron chi connectivity index (χ1n) is 5.62. The van der Waals surface area contributed by atoms with Crippen molar-refractivity contribution in [1.29, 1.82) is 0 Å². The molecular formula is C14H13FN2O2. The summed E-state index contributed by atoms with van der Waals surface area (Å²) in [7, 11) is 0. The second kappa shape index (κ2) is 5.39. The van der Waals surface area contributed by atoms with Gasteiger partial charge in [0.25, 0.3) is 0 Å². The van der Waals surface area contributed by atoms with Crippen molar-refractivity contribution in [2.75, 3.05) is 5.73 Å². The van der Waals surface area contributed by atoms with Gasteiger partial charge in [-0.1, -0.05) is 0 Å². The lowest BCUT2D eigenvalue weighted by Crippen LogP contribution is -2.10. The van der Waals surface area contributed by atoms with Crippen LogP contribution in [0, 0.1) is 5.82 Å². The number of amides is 1. The number of rotatable bonds is 4. The van der Waals surface area contributed by atoms with Crippen LogP contribution in [0.25, 0.3) is 0 Å². The van der Waals surface area contributed by atoms with E-state index in [-0.39, 0.29) is 6.61 Å². The largest absolute Gasteiger partial charge is 0.489 e. The van der Waals surface area contributed by atoms with Crippen molar-refractivity contribution in [3.63, 3.8) is 0 Å². The molecule has 0 spiro atoms. The van der Waals surface area contributed by atoms with Crippen LogP contribution in [0.4, 0.5) is 10.1 Å². The second-order valence-corrected chi connectivity index (χ2v) is 4.07. The Bertz CT molecular complexity index is 577. The van der Waals surface area contributed by atoms with Crippen molar-refractivity contribution >= 4 is 11.6 Å². The molecule has 0 aliphatic rings. The number of benzene rings is 2. The molecule has 0 aromatic heterocycles.